The molecule has 0 saturated heterocycles. The van der Waals surface area contributed by atoms with Crippen LogP contribution in [0, 0.1) is 0 Å². The maximum Gasteiger partial charge on any atom is 0.158 e. The molecule has 0 spiro atoms. The number of alkyl halides is 1. The van der Waals surface area contributed by atoms with E-state index in [1.807, 2.05) is 32.4 Å². The molecule has 0 atom stereocenters. The summed E-state index contributed by atoms with van der Waals surface area (Å²) in [4.78, 5) is 0. The Hall–Kier alpha value is -0.420. The van der Waals surface area contributed by atoms with Crippen LogP contribution in [0.4, 0.5) is 0 Å². The van der Waals surface area contributed by atoms with Crippen LogP contribution in [-0.4, -0.2) is 20.4 Å². The molecular formula is C9H16BrN3O. The molecule has 0 fully saturated rings. The van der Waals surface area contributed by atoms with Crippen LogP contribution in [-0.2, 0) is 23.7 Å². The van der Waals surface area contributed by atoms with E-state index in [-0.39, 0.29) is 5.60 Å². The van der Waals surface area contributed by atoms with E-state index in [2.05, 4.69) is 26.1 Å². The SMILES string of the molecule is Cn1c(CBr)nnc1COC(C)(C)C. The molecule has 14 heavy (non-hydrogen) atoms. The number of rotatable bonds is 3. The maximum atomic E-state index is 5.62. The summed E-state index contributed by atoms with van der Waals surface area (Å²) >= 11 is 3.35. The molecule has 0 aliphatic rings. The van der Waals surface area contributed by atoms with Crippen molar-refractivity contribution >= 4 is 15.9 Å². The van der Waals surface area contributed by atoms with Crippen molar-refractivity contribution in [3.63, 3.8) is 0 Å². The van der Waals surface area contributed by atoms with E-state index in [1.54, 1.807) is 0 Å². The Bertz CT molecular complexity index is 303. The molecule has 0 N–H and O–H groups in total. The Morgan fingerprint density at radius 1 is 1.29 bits per heavy atom. The van der Waals surface area contributed by atoms with Crippen LogP contribution in [0.5, 0.6) is 0 Å². The van der Waals surface area contributed by atoms with Gasteiger partial charge in [-0.3, -0.25) is 0 Å². The number of aromatic nitrogens is 3. The molecule has 1 heterocycles. The standard InChI is InChI=1S/C9H16BrN3O/c1-9(2,3)14-6-8-12-11-7(5-10)13(8)4/h5-6H2,1-4H3. The summed E-state index contributed by atoms with van der Waals surface area (Å²) in [6.07, 6.45) is 0. The predicted octanol–water partition coefficient (Wildman–Crippen LogP) is 2.03. The second kappa shape index (κ2) is 4.40. The van der Waals surface area contributed by atoms with Crippen LogP contribution >= 0.6 is 15.9 Å². The molecule has 4 nitrogen and oxygen atoms in total. The van der Waals surface area contributed by atoms with Crippen molar-refractivity contribution in [2.24, 2.45) is 7.05 Å². The van der Waals surface area contributed by atoms with Gasteiger partial charge in [0.15, 0.2) is 5.82 Å². The average Bonchev–Trinajstić information content (AvgIpc) is 2.42. The lowest BCUT2D eigenvalue weighted by atomic mass is 10.2. The summed E-state index contributed by atoms with van der Waals surface area (Å²) in [5.74, 6) is 1.77. The Morgan fingerprint density at radius 3 is 2.29 bits per heavy atom. The largest absolute Gasteiger partial charge is 0.368 e. The van der Waals surface area contributed by atoms with Gasteiger partial charge in [-0.1, -0.05) is 15.9 Å². The summed E-state index contributed by atoms with van der Waals surface area (Å²) in [5.41, 5.74) is -0.138. The lowest BCUT2D eigenvalue weighted by Gasteiger charge is -2.18. The number of hydrogen-bond donors (Lipinski definition) is 0. The molecule has 1 aromatic heterocycles. The first-order valence-electron chi connectivity index (χ1n) is 4.51. The zero-order valence-corrected chi connectivity index (χ0v) is 10.6. The molecule has 0 radical (unpaired) electrons. The lowest BCUT2D eigenvalue weighted by molar-refractivity contribution is -0.0191. The van der Waals surface area contributed by atoms with E-state index in [0.29, 0.717) is 11.9 Å². The summed E-state index contributed by atoms with van der Waals surface area (Å²) in [6, 6.07) is 0. The number of hydrogen-bond acceptors (Lipinski definition) is 3. The second-order valence-corrected chi connectivity index (χ2v) is 4.69. The molecule has 5 heteroatoms. The molecule has 1 rings (SSSR count). The van der Waals surface area contributed by atoms with E-state index in [0.717, 1.165) is 11.6 Å². The molecule has 1 aromatic rings. The zero-order chi connectivity index (χ0) is 10.8. The van der Waals surface area contributed by atoms with Crippen LogP contribution in [0.2, 0.25) is 0 Å². The van der Waals surface area contributed by atoms with Crippen LogP contribution in [0.1, 0.15) is 32.4 Å². The Labute approximate surface area is 92.8 Å². The molecule has 0 amide bonds. The van der Waals surface area contributed by atoms with Crippen molar-refractivity contribution in [3.8, 4) is 0 Å². The van der Waals surface area contributed by atoms with Crippen molar-refractivity contribution in [1.29, 1.82) is 0 Å². The van der Waals surface area contributed by atoms with E-state index in [1.165, 1.54) is 0 Å². The molecule has 0 aliphatic carbocycles. The minimum Gasteiger partial charge on any atom is -0.368 e. The highest BCUT2D eigenvalue weighted by atomic mass is 79.9. The average molecular weight is 262 g/mol. The van der Waals surface area contributed by atoms with Crippen molar-refractivity contribution in [2.75, 3.05) is 0 Å². The van der Waals surface area contributed by atoms with Crippen molar-refractivity contribution in [2.45, 2.75) is 38.3 Å². The molecule has 0 unspecified atom stereocenters. The fourth-order valence-electron chi connectivity index (χ4n) is 0.922. The van der Waals surface area contributed by atoms with E-state index < -0.39 is 0 Å². The number of ether oxygens (including phenoxy) is 1. The quantitative estimate of drug-likeness (QED) is 0.782. The molecule has 0 aromatic carbocycles. The molecule has 0 saturated carbocycles. The smallest absolute Gasteiger partial charge is 0.158 e. The Balaban J connectivity index is 2.64. The van der Waals surface area contributed by atoms with Crippen LogP contribution in [0.25, 0.3) is 0 Å². The zero-order valence-electron chi connectivity index (χ0n) is 9.04. The monoisotopic (exact) mass is 261 g/mol. The molecule has 0 bridgehead atoms. The van der Waals surface area contributed by atoms with Gasteiger partial charge in [-0.25, -0.2) is 0 Å². The summed E-state index contributed by atoms with van der Waals surface area (Å²) < 4.78 is 7.56. The lowest BCUT2D eigenvalue weighted by Crippen LogP contribution is -2.20. The van der Waals surface area contributed by atoms with Crippen molar-refractivity contribution in [3.05, 3.63) is 11.6 Å². The highest BCUT2D eigenvalue weighted by Gasteiger charge is 2.13. The van der Waals surface area contributed by atoms with Crippen LogP contribution in [0.3, 0.4) is 0 Å². The van der Waals surface area contributed by atoms with Gasteiger partial charge in [0.1, 0.15) is 12.4 Å². The normalized spacial score (nSPS) is 12.1. The Kier molecular flexibility index (Phi) is 3.66. The first-order chi connectivity index (χ1) is 6.44. The maximum absolute atomic E-state index is 5.62. The summed E-state index contributed by atoms with van der Waals surface area (Å²) in [6.45, 7) is 6.57. The fourth-order valence-corrected chi connectivity index (χ4v) is 1.41. The number of halogens is 1. The number of nitrogens with zero attached hydrogens (tertiary/aromatic N) is 3. The van der Waals surface area contributed by atoms with Gasteiger partial charge in [0, 0.05) is 7.05 Å². The van der Waals surface area contributed by atoms with Gasteiger partial charge in [-0.15, -0.1) is 10.2 Å². The van der Waals surface area contributed by atoms with Gasteiger partial charge in [0.25, 0.3) is 0 Å². The third-order valence-electron chi connectivity index (χ3n) is 1.81. The predicted molar refractivity (Wildman–Crippen MR) is 58.2 cm³/mol. The van der Waals surface area contributed by atoms with Gasteiger partial charge in [-0.05, 0) is 20.8 Å². The van der Waals surface area contributed by atoms with E-state index in [9.17, 15) is 0 Å². The highest BCUT2D eigenvalue weighted by Crippen LogP contribution is 2.11. The minimum atomic E-state index is -0.138. The minimum absolute atomic E-state index is 0.138. The fraction of sp³-hybridized carbons (Fsp3) is 0.778. The summed E-state index contributed by atoms with van der Waals surface area (Å²) in [5, 5.41) is 8.78. The highest BCUT2D eigenvalue weighted by molar-refractivity contribution is 9.08. The van der Waals surface area contributed by atoms with Crippen LogP contribution in [0.15, 0.2) is 0 Å². The van der Waals surface area contributed by atoms with Crippen LogP contribution < -0.4 is 0 Å². The van der Waals surface area contributed by atoms with Gasteiger partial charge < -0.3 is 9.30 Å². The topological polar surface area (TPSA) is 39.9 Å². The first-order valence-corrected chi connectivity index (χ1v) is 5.63. The molecule has 80 valence electrons. The van der Waals surface area contributed by atoms with E-state index in [4.69, 9.17) is 4.74 Å². The molecule has 0 aliphatic heterocycles. The van der Waals surface area contributed by atoms with Crippen molar-refractivity contribution < 1.29 is 4.74 Å². The van der Waals surface area contributed by atoms with Gasteiger partial charge in [-0.2, -0.15) is 0 Å². The third kappa shape index (κ3) is 3.06. The van der Waals surface area contributed by atoms with Gasteiger partial charge >= 0.3 is 0 Å². The second-order valence-electron chi connectivity index (χ2n) is 4.13. The van der Waals surface area contributed by atoms with Gasteiger partial charge in [0.05, 0.1) is 10.9 Å². The Morgan fingerprint density at radius 2 is 1.86 bits per heavy atom. The van der Waals surface area contributed by atoms with Crippen molar-refractivity contribution in [1.82, 2.24) is 14.8 Å². The summed E-state index contributed by atoms with van der Waals surface area (Å²) in [7, 11) is 1.94. The molecular weight excluding hydrogens is 246 g/mol. The van der Waals surface area contributed by atoms with Gasteiger partial charge in [0.2, 0.25) is 0 Å². The third-order valence-corrected chi connectivity index (χ3v) is 2.31. The first kappa shape index (κ1) is 11.7. The van der Waals surface area contributed by atoms with E-state index >= 15 is 0 Å².